The van der Waals surface area contributed by atoms with Crippen LogP contribution in [0.25, 0.3) is 11.4 Å². The van der Waals surface area contributed by atoms with Gasteiger partial charge >= 0.3 is 0 Å². The Morgan fingerprint density at radius 2 is 2.11 bits per heavy atom. The molecule has 0 amide bonds. The molecule has 0 aromatic carbocycles. The molecule has 0 aliphatic heterocycles. The van der Waals surface area contributed by atoms with Crippen LogP contribution in [-0.4, -0.2) is 19.1 Å². The zero-order valence-corrected chi connectivity index (χ0v) is 11.3. The van der Waals surface area contributed by atoms with Gasteiger partial charge in [-0.1, -0.05) is 19.3 Å². The molecule has 0 radical (unpaired) electrons. The van der Waals surface area contributed by atoms with E-state index in [0.29, 0.717) is 6.04 Å². The van der Waals surface area contributed by atoms with Gasteiger partial charge in [-0.3, -0.25) is 0 Å². The Morgan fingerprint density at radius 3 is 2.78 bits per heavy atom. The Balaban J connectivity index is 2.01. The summed E-state index contributed by atoms with van der Waals surface area (Å²) in [5.41, 5.74) is 7.91. The minimum atomic E-state index is 0.516. The topological polar surface area (TPSA) is 69.6 Å². The predicted octanol–water partition coefficient (Wildman–Crippen LogP) is 2.80. The van der Waals surface area contributed by atoms with Crippen molar-refractivity contribution in [3.8, 4) is 11.4 Å². The van der Waals surface area contributed by atoms with Crippen LogP contribution >= 0.6 is 11.5 Å². The molecule has 0 saturated heterocycles. The van der Waals surface area contributed by atoms with E-state index in [2.05, 4.69) is 19.1 Å². The molecule has 2 aromatic rings. The van der Waals surface area contributed by atoms with Crippen molar-refractivity contribution in [2.45, 2.75) is 45.1 Å². The summed E-state index contributed by atoms with van der Waals surface area (Å²) in [5, 5.41) is 9.06. The summed E-state index contributed by atoms with van der Waals surface area (Å²) in [6, 6.07) is 0.516. The van der Waals surface area contributed by atoms with Gasteiger partial charge in [-0.25, -0.2) is 0 Å². The first kappa shape index (κ1) is 11.6. The van der Waals surface area contributed by atoms with E-state index in [1.165, 1.54) is 43.6 Å². The van der Waals surface area contributed by atoms with Crippen molar-refractivity contribution < 1.29 is 0 Å². The van der Waals surface area contributed by atoms with E-state index in [0.717, 1.165) is 22.1 Å². The van der Waals surface area contributed by atoms with Crippen LogP contribution in [0.15, 0.2) is 6.33 Å². The van der Waals surface area contributed by atoms with Gasteiger partial charge in [-0.2, -0.15) is 4.37 Å². The molecule has 0 atom stereocenters. The van der Waals surface area contributed by atoms with Gasteiger partial charge in [-0.05, 0) is 31.3 Å². The van der Waals surface area contributed by atoms with Crippen LogP contribution in [0, 0.1) is 6.92 Å². The van der Waals surface area contributed by atoms with Crippen LogP contribution in [-0.2, 0) is 0 Å². The fourth-order valence-corrected chi connectivity index (χ4v) is 3.36. The Morgan fingerprint density at radius 1 is 1.33 bits per heavy atom. The summed E-state index contributed by atoms with van der Waals surface area (Å²) < 4.78 is 6.48. The highest BCUT2D eigenvalue weighted by Crippen LogP contribution is 2.35. The third-order valence-corrected chi connectivity index (χ3v) is 4.42. The first-order valence-corrected chi connectivity index (χ1v) is 7.16. The molecule has 5 nitrogen and oxygen atoms in total. The van der Waals surface area contributed by atoms with Crippen LogP contribution in [0.3, 0.4) is 0 Å². The number of nitrogens with two attached hydrogens (primary N) is 1. The van der Waals surface area contributed by atoms with Gasteiger partial charge in [0.15, 0.2) is 5.82 Å². The number of nitrogens with zero attached hydrogens (tertiary/aromatic N) is 4. The van der Waals surface area contributed by atoms with Crippen molar-refractivity contribution in [1.82, 2.24) is 19.1 Å². The molecule has 18 heavy (non-hydrogen) atoms. The second-order valence-electron chi connectivity index (χ2n) is 4.86. The molecule has 3 rings (SSSR count). The molecule has 2 aromatic heterocycles. The standard InChI is InChI=1S/C12H17N5S/c1-8-10(11(13)18-16-8)12-15-14-7-17(12)9-5-3-2-4-6-9/h7,9H,2-6,13H2,1H3. The fraction of sp³-hybridized carbons (Fsp3) is 0.583. The summed E-state index contributed by atoms with van der Waals surface area (Å²) in [6.07, 6.45) is 8.18. The molecule has 1 fully saturated rings. The lowest BCUT2D eigenvalue weighted by Gasteiger charge is -2.23. The first-order valence-electron chi connectivity index (χ1n) is 6.39. The Hall–Kier alpha value is -1.43. The van der Waals surface area contributed by atoms with E-state index in [9.17, 15) is 0 Å². The van der Waals surface area contributed by atoms with Gasteiger partial charge in [0.25, 0.3) is 0 Å². The summed E-state index contributed by atoms with van der Waals surface area (Å²) >= 11 is 1.33. The molecule has 1 aliphatic carbocycles. The minimum absolute atomic E-state index is 0.516. The summed E-state index contributed by atoms with van der Waals surface area (Å²) in [4.78, 5) is 0. The van der Waals surface area contributed by atoms with Crippen LogP contribution in [0.5, 0.6) is 0 Å². The average molecular weight is 263 g/mol. The number of hydrogen-bond donors (Lipinski definition) is 1. The number of nitrogen functional groups attached to an aromatic ring is 1. The highest BCUT2D eigenvalue weighted by molar-refractivity contribution is 7.10. The second kappa shape index (κ2) is 4.68. The molecule has 0 bridgehead atoms. The van der Waals surface area contributed by atoms with Crippen LogP contribution in [0.2, 0.25) is 0 Å². The highest BCUT2D eigenvalue weighted by Gasteiger charge is 2.22. The van der Waals surface area contributed by atoms with Crippen LogP contribution < -0.4 is 5.73 Å². The van der Waals surface area contributed by atoms with Gasteiger partial charge < -0.3 is 10.3 Å². The molecule has 2 N–H and O–H groups in total. The maximum absolute atomic E-state index is 6.01. The average Bonchev–Trinajstić information content (AvgIpc) is 2.97. The van der Waals surface area contributed by atoms with Crippen molar-refractivity contribution in [3.63, 3.8) is 0 Å². The molecule has 1 aliphatic rings. The monoisotopic (exact) mass is 263 g/mol. The maximum atomic E-state index is 6.01. The lowest BCUT2D eigenvalue weighted by atomic mass is 9.95. The molecule has 2 heterocycles. The number of rotatable bonds is 2. The highest BCUT2D eigenvalue weighted by atomic mass is 32.1. The number of anilines is 1. The Bertz CT molecular complexity index is 519. The van der Waals surface area contributed by atoms with Gasteiger partial charge in [0, 0.05) is 6.04 Å². The smallest absolute Gasteiger partial charge is 0.168 e. The lowest BCUT2D eigenvalue weighted by molar-refractivity contribution is 0.355. The van der Waals surface area contributed by atoms with E-state index >= 15 is 0 Å². The molecule has 0 unspecified atom stereocenters. The van der Waals surface area contributed by atoms with Gasteiger partial charge in [0.1, 0.15) is 11.3 Å². The maximum Gasteiger partial charge on any atom is 0.168 e. The summed E-state index contributed by atoms with van der Waals surface area (Å²) in [5.74, 6) is 0.880. The lowest BCUT2D eigenvalue weighted by Crippen LogP contribution is -2.13. The fourth-order valence-electron chi connectivity index (χ4n) is 2.71. The number of aryl methyl sites for hydroxylation is 1. The van der Waals surface area contributed by atoms with Crippen LogP contribution in [0.1, 0.15) is 43.8 Å². The van der Waals surface area contributed by atoms with Gasteiger partial charge in [0.05, 0.1) is 11.3 Å². The Kier molecular flexibility index (Phi) is 3.03. The molecule has 1 saturated carbocycles. The van der Waals surface area contributed by atoms with Crippen molar-refractivity contribution >= 4 is 16.5 Å². The minimum Gasteiger partial charge on any atom is -0.389 e. The van der Waals surface area contributed by atoms with E-state index in [1.807, 2.05) is 13.3 Å². The quantitative estimate of drug-likeness (QED) is 0.904. The predicted molar refractivity (Wildman–Crippen MR) is 72.4 cm³/mol. The van der Waals surface area contributed by atoms with Crippen molar-refractivity contribution in [3.05, 3.63) is 12.0 Å². The van der Waals surface area contributed by atoms with Crippen LogP contribution in [0.4, 0.5) is 5.00 Å². The van der Waals surface area contributed by atoms with E-state index < -0.39 is 0 Å². The second-order valence-corrected chi connectivity index (χ2v) is 5.67. The van der Waals surface area contributed by atoms with Crippen molar-refractivity contribution in [1.29, 1.82) is 0 Å². The SMILES string of the molecule is Cc1nsc(N)c1-c1nncn1C1CCCCC1. The number of aromatic nitrogens is 4. The van der Waals surface area contributed by atoms with Crippen molar-refractivity contribution in [2.75, 3.05) is 5.73 Å². The first-order chi connectivity index (χ1) is 8.77. The van der Waals surface area contributed by atoms with E-state index in [-0.39, 0.29) is 0 Å². The molecule has 96 valence electrons. The Labute approximate surface area is 110 Å². The molecular weight excluding hydrogens is 246 g/mol. The summed E-state index contributed by atoms with van der Waals surface area (Å²) in [7, 11) is 0. The zero-order valence-electron chi connectivity index (χ0n) is 10.5. The normalized spacial score (nSPS) is 17.2. The zero-order chi connectivity index (χ0) is 12.5. The molecule has 0 spiro atoms. The van der Waals surface area contributed by atoms with Gasteiger partial charge in [0.2, 0.25) is 0 Å². The molecule has 6 heteroatoms. The summed E-state index contributed by atoms with van der Waals surface area (Å²) in [6.45, 7) is 1.97. The van der Waals surface area contributed by atoms with E-state index in [1.54, 1.807) is 0 Å². The van der Waals surface area contributed by atoms with Gasteiger partial charge in [-0.15, -0.1) is 10.2 Å². The van der Waals surface area contributed by atoms with Crippen molar-refractivity contribution in [2.24, 2.45) is 0 Å². The largest absolute Gasteiger partial charge is 0.389 e. The third kappa shape index (κ3) is 1.90. The third-order valence-electron chi connectivity index (χ3n) is 3.65. The molecular formula is C12H17N5S. The number of hydrogen-bond acceptors (Lipinski definition) is 5. The van der Waals surface area contributed by atoms with E-state index in [4.69, 9.17) is 5.73 Å².